The summed E-state index contributed by atoms with van der Waals surface area (Å²) in [5.74, 6) is 0. The second kappa shape index (κ2) is 4.30. The smallest absolute Gasteiger partial charge is 0.0780 e. The molecular weight excluding hydrogens is 192 g/mol. The molecule has 0 aliphatic carbocycles. The highest BCUT2D eigenvalue weighted by Crippen LogP contribution is 2.26. The van der Waals surface area contributed by atoms with Crippen molar-refractivity contribution < 1.29 is 4.84 Å². The van der Waals surface area contributed by atoms with E-state index in [0.717, 1.165) is 25.1 Å². The maximum Gasteiger partial charge on any atom is 0.0780 e. The Hall–Kier alpha value is -0.910. The van der Waals surface area contributed by atoms with Crippen molar-refractivity contribution in [1.29, 1.82) is 0 Å². The molecule has 2 unspecified atom stereocenters. The van der Waals surface area contributed by atoms with Gasteiger partial charge >= 0.3 is 0 Å². The third-order valence-electron chi connectivity index (χ3n) is 2.65. The molecule has 2 heterocycles. The van der Waals surface area contributed by atoms with Crippen LogP contribution in [0.3, 0.4) is 0 Å². The van der Waals surface area contributed by atoms with E-state index in [1.807, 2.05) is 31.4 Å². The van der Waals surface area contributed by atoms with E-state index in [4.69, 9.17) is 10.6 Å². The molecule has 1 aliphatic heterocycles. The SMILES string of the molecule is CC(N)C(c1cnn(C)c1)N1CCCO1. The maximum atomic E-state index is 6.00. The van der Waals surface area contributed by atoms with E-state index in [1.165, 1.54) is 0 Å². The maximum absolute atomic E-state index is 6.00. The summed E-state index contributed by atoms with van der Waals surface area (Å²) in [6, 6.07) is 0.147. The Kier molecular flexibility index (Phi) is 3.04. The zero-order chi connectivity index (χ0) is 10.8. The molecular formula is C10H18N4O. The second-order valence-electron chi connectivity index (χ2n) is 4.08. The molecule has 84 valence electrons. The third kappa shape index (κ3) is 2.19. The van der Waals surface area contributed by atoms with Crippen molar-refractivity contribution in [2.24, 2.45) is 12.8 Å². The molecule has 1 fully saturated rings. The van der Waals surface area contributed by atoms with Crippen LogP contribution in [0.25, 0.3) is 0 Å². The molecule has 2 atom stereocenters. The number of aryl methyl sites for hydroxylation is 1. The summed E-state index contributed by atoms with van der Waals surface area (Å²) in [6.45, 7) is 3.74. The molecule has 0 radical (unpaired) electrons. The molecule has 0 bridgehead atoms. The van der Waals surface area contributed by atoms with Gasteiger partial charge in [0.05, 0.1) is 18.8 Å². The summed E-state index contributed by atoms with van der Waals surface area (Å²) in [4.78, 5) is 5.56. The van der Waals surface area contributed by atoms with Gasteiger partial charge in [0, 0.05) is 31.4 Å². The van der Waals surface area contributed by atoms with Gasteiger partial charge in [0.1, 0.15) is 0 Å². The van der Waals surface area contributed by atoms with Crippen LogP contribution in [0.4, 0.5) is 0 Å². The molecule has 0 spiro atoms. The van der Waals surface area contributed by atoms with Crippen molar-refractivity contribution in [3.63, 3.8) is 0 Å². The highest BCUT2D eigenvalue weighted by molar-refractivity contribution is 5.12. The zero-order valence-corrected chi connectivity index (χ0v) is 9.26. The van der Waals surface area contributed by atoms with Gasteiger partial charge in [-0.2, -0.15) is 10.2 Å². The fourth-order valence-corrected chi connectivity index (χ4v) is 2.01. The van der Waals surface area contributed by atoms with E-state index in [-0.39, 0.29) is 12.1 Å². The number of hydrogen-bond donors (Lipinski definition) is 1. The number of rotatable bonds is 3. The first-order valence-electron chi connectivity index (χ1n) is 5.32. The van der Waals surface area contributed by atoms with Gasteiger partial charge in [-0.15, -0.1) is 0 Å². The van der Waals surface area contributed by atoms with Crippen molar-refractivity contribution in [3.8, 4) is 0 Å². The highest BCUT2D eigenvalue weighted by Gasteiger charge is 2.28. The molecule has 1 aromatic rings. The molecule has 0 aromatic carbocycles. The Morgan fingerprint density at radius 1 is 1.60 bits per heavy atom. The van der Waals surface area contributed by atoms with Gasteiger partial charge in [0.25, 0.3) is 0 Å². The summed E-state index contributed by atoms with van der Waals surface area (Å²) in [6.07, 6.45) is 4.93. The molecule has 1 aliphatic rings. The van der Waals surface area contributed by atoms with Gasteiger partial charge in [0.15, 0.2) is 0 Å². The molecule has 2 rings (SSSR count). The summed E-state index contributed by atoms with van der Waals surface area (Å²) in [7, 11) is 1.91. The van der Waals surface area contributed by atoms with Crippen molar-refractivity contribution in [2.45, 2.75) is 25.4 Å². The third-order valence-corrected chi connectivity index (χ3v) is 2.65. The quantitative estimate of drug-likeness (QED) is 0.786. The molecule has 1 saturated heterocycles. The van der Waals surface area contributed by atoms with Crippen molar-refractivity contribution >= 4 is 0 Å². The lowest BCUT2D eigenvalue weighted by molar-refractivity contribution is -0.147. The van der Waals surface area contributed by atoms with Crippen LogP contribution in [0.15, 0.2) is 12.4 Å². The lowest BCUT2D eigenvalue weighted by Gasteiger charge is -2.28. The Labute approximate surface area is 89.8 Å². The average molecular weight is 210 g/mol. The Morgan fingerprint density at radius 3 is 2.87 bits per heavy atom. The van der Waals surface area contributed by atoms with Crippen molar-refractivity contribution in [3.05, 3.63) is 18.0 Å². The van der Waals surface area contributed by atoms with Gasteiger partial charge in [-0.25, -0.2) is 0 Å². The number of nitrogens with zero attached hydrogens (tertiary/aromatic N) is 3. The summed E-state index contributed by atoms with van der Waals surface area (Å²) in [5, 5.41) is 6.14. The topological polar surface area (TPSA) is 56.3 Å². The van der Waals surface area contributed by atoms with E-state index in [1.54, 1.807) is 4.68 Å². The molecule has 1 aromatic heterocycles. The summed E-state index contributed by atoms with van der Waals surface area (Å²) >= 11 is 0. The van der Waals surface area contributed by atoms with E-state index >= 15 is 0 Å². The van der Waals surface area contributed by atoms with Crippen molar-refractivity contribution in [1.82, 2.24) is 14.8 Å². The largest absolute Gasteiger partial charge is 0.326 e. The first-order chi connectivity index (χ1) is 7.18. The molecule has 5 nitrogen and oxygen atoms in total. The van der Waals surface area contributed by atoms with Crippen LogP contribution in [0.2, 0.25) is 0 Å². The average Bonchev–Trinajstić information content (AvgIpc) is 2.77. The number of hydroxylamine groups is 2. The minimum atomic E-state index is 0.0345. The van der Waals surface area contributed by atoms with E-state index in [0.29, 0.717) is 0 Å². The van der Waals surface area contributed by atoms with Crippen molar-refractivity contribution in [2.75, 3.05) is 13.2 Å². The van der Waals surface area contributed by atoms with E-state index < -0.39 is 0 Å². The van der Waals surface area contributed by atoms with Crippen LogP contribution in [0.5, 0.6) is 0 Å². The van der Waals surface area contributed by atoms with Crippen LogP contribution in [-0.4, -0.2) is 34.0 Å². The second-order valence-corrected chi connectivity index (χ2v) is 4.08. The summed E-state index contributed by atoms with van der Waals surface area (Å²) < 4.78 is 1.79. The Bertz CT molecular complexity index is 317. The van der Waals surface area contributed by atoms with Gasteiger partial charge < -0.3 is 5.73 Å². The molecule has 0 amide bonds. The summed E-state index contributed by atoms with van der Waals surface area (Å²) in [5.41, 5.74) is 7.12. The highest BCUT2D eigenvalue weighted by atomic mass is 16.7. The lowest BCUT2D eigenvalue weighted by atomic mass is 10.0. The number of aromatic nitrogens is 2. The first kappa shape index (κ1) is 10.6. The normalized spacial score (nSPS) is 21.8. The number of nitrogens with two attached hydrogens (primary N) is 1. The van der Waals surface area contributed by atoms with Crippen LogP contribution in [0, 0.1) is 0 Å². The minimum Gasteiger partial charge on any atom is -0.326 e. The van der Waals surface area contributed by atoms with Gasteiger partial charge in [-0.05, 0) is 13.3 Å². The van der Waals surface area contributed by atoms with E-state index in [2.05, 4.69) is 5.10 Å². The van der Waals surface area contributed by atoms with Crippen LogP contribution >= 0.6 is 0 Å². The standard InChI is InChI=1S/C10H18N4O/c1-8(11)10(14-4-3-5-15-14)9-6-12-13(2)7-9/h6-8,10H,3-5,11H2,1-2H3. The van der Waals surface area contributed by atoms with Gasteiger partial charge in [-0.3, -0.25) is 9.52 Å². The van der Waals surface area contributed by atoms with Crippen LogP contribution < -0.4 is 5.73 Å². The van der Waals surface area contributed by atoms with Crippen LogP contribution in [0.1, 0.15) is 24.9 Å². The Balaban J connectivity index is 2.18. The fraction of sp³-hybridized carbons (Fsp3) is 0.700. The minimum absolute atomic E-state index is 0.0345. The Morgan fingerprint density at radius 2 is 2.40 bits per heavy atom. The molecule has 15 heavy (non-hydrogen) atoms. The zero-order valence-electron chi connectivity index (χ0n) is 9.26. The van der Waals surface area contributed by atoms with Gasteiger partial charge in [-0.1, -0.05) is 0 Å². The van der Waals surface area contributed by atoms with Gasteiger partial charge in [0.2, 0.25) is 0 Å². The molecule has 0 saturated carbocycles. The first-order valence-corrected chi connectivity index (χ1v) is 5.32. The van der Waals surface area contributed by atoms with Crippen LogP contribution in [-0.2, 0) is 11.9 Å². The predicted molar refractivity (Wildman–Crippen MR) is 56.9 cm³/mol. The van der Waals surface area contributed by atoms with E-state index in [9.17, 15) is 0 Å². The predicted octanol–water partition coefficient (Wildman–Crippen LogP) is 0.446. The molecule has 5 heteroatoms. The lowest BCUT2D eigenvalue weighted by Crippen LogP contribution is -2.37. The fourth-order valence-electron chi connectivity index (χ4n) is 2.01. The molecule has 2 N–H and O–H groups in total. The number of hydrogen-bond acceptors (Lipinski definition) is 4. The monoisotopic (exact) mass is 210 g/mol.